The number of fused-ring (bicyclic) bond motifs is 1. The molecule has 6 heteroatoms. The molecule has 5 nitrogen and oxygen atoms in total. The van der Waals surface area contributed by atoms with Gasteiger partial charge in [-0.15, -0.1) is 0 Å². The van der Waals surface area contributed by atoms with E-state index in [9.17, 15) is 14.0 Å². The SMILES string of the molecule is Cn1c(=O)n(CN)c(=O)c2c(F)cccc21. The van der Waals surface area contributed by atoms with E-state index in [1.807, 2.05) is 0 Å². The van der Waals surface area contributed by atoms with Gasteiger partial charge in [-0.3, -0.25) is 9.36 Å². The third-order valence-electron chi connectivity index (χ3n) is 2.51. The Hall–Kier alpha value is -1.95. The van der Waals surface area contributed by atoms with E-state index in [4.69, 9.17) is 5.73 Å². The number of benzene rings is 1. The highest BCUT2D eigenvalue weighted by atomic mass is 19.1. The number of hydrogen-bond donors (Lipinski definition) is 1. The van der Waals surface area contributed by atoms with E-state index in [1.54, 1.807) is 0 Å². The van der Waals surface area contributed by atoms with Crippen LogP contribution in [0.25, 0.3) is 10.9 Å². The van der Waals surface area contributed by atoms with Crippen LogP contribution < -0.4 is 17.0 Å². The summed E-state index contributed by atoms with van der Waals surface area (Å²) in [5.41, 5.74) is 4.31. The third kappa shape index (κ3) is 1.27. The molecule has 0 fully saturated rings. The van der Waals surface area contributed by atoms with Crippen molar-refractivity contribution in [2.75, 3.05) is 0 Å². The lowest BCUT2D eigenvalue weighted by molar-refractivity contribution is 0.605. The van der Waals surface area contributed by atoms with Crippen LogP contribution in [0.4, 0.5) is 4.39 Å². The van der Waals surface area contributed by atoms with Crippen molar-refractivity contribution in [1.82, 2.24) is 9.13 Å². The molecule has 0 aliphatic carbocycles. The summed E-state index contributed by atoms with van der Waals surface area (Å²) >= 11 is 0. The van der Waals surface area contributed by atoms with E-state index in [1.165, 1.54) is 29.8 Å². The first-order valence-corrected chi connectivity index (χ1v) is 4.66. The van der Waals surface area contributed by atoms with Crippen LogP contribution in [0.2, 0.25) is 0 Å². The fourth-order valence-electron chi connectivity index (χ4n) is 1.67. The molecule has 1 aromatic carbocycles. The normalized spacial score (nSPS) is 10.9. The zero-order chi connectivity index (χ0) is 11.9. The molecule has 0 spiro atoms. The summed E-state index contributed by atoms with van der Waals surface area (Å²) in [6, 6.07) is 4.14. The van der Waals surface area contributed by atoms with Crippen molar-refractivity contribution >= 4 is 10.9 Å². The maximum atomic E-state index is 13.5. The molecule has 2 N–H and O–H groups in total. The van der Waals surface area contributed by atoms with Crippen LogP contribution in [-0.2, 0) is 13.7 Å². The van der Waals surface area contributed by atoms with Gasteiger partial charge in [0.05, 0.1) is 17.6 Å². The lowest BCUT2D eigenvalue weighted by atomic mass is 10.2. The molecule has 0 atom stereocenters. The number of halogens is 1. The Morgan fingerprint density at radius 2 is 2.06 bits per heavy atom. The van der Waals surface area contributed by atoms with Crippen molar-refractivity contribution in [1.29, 1.82) is 0 Å². The van der Waals surface area contributed by atoms with Gasteiger partial charge in [0.1, 0.15) is 5.82 Å². The monoisotopic (exact) mass is 223 g/mol. The highest BCUT2D eigenvalue weighted by Crippen LogP contribution is 2.10. The van der Waals surface area contributed by atoms with Crippen LogP contribution in [0.5, 0.6) is 0 Å². The van der Waals surface area contributed by atoms with Gasteiger partial charge in [-0.2, -0.15) is 0 Å². The molecule has 1 aromatic heterocycles. The molecule has 2 rings (SSSR count). The van der Waals surface area contributed by atoms with Gasteiger partial charge in [0.15, 0.2) is 0 Å². The highest BCUT2D eigenvalue weighted by molar-refractivity contribution is 5.78. The number of aromatic nitrogens is 2. The first kappa shape index (κ1) is 10.6. The largest absolute Gasteiger partial charge is 0.332 e. The topological polar surface area (TPSA) is 70.0 Å². The molecule has 84 valence electrons. The zero-order valence-electron chi connectivity index (χ0n) is 8.61. The molecule has 0 radical (unpaired) electrons. The second-order valence-electron chi connectivity index (χ2n) is 3.39. The molecule has 0 amide bonds. The standard InChI is InChI=1S/C10H10FN3O2/c1-13-7-4-2-3-6(11)8(7)9(15)14(5-12)10(13)16/h2-4H,5,12H2,1H3. The van der Waals surface area contributed by atoms with Gasteiger partial charge in [-0.25, -0.2) is 13.8 Å². The summed E-state index contributed by atoms with van der Waals surface area (Å²) in [7, 11) is 1.47. The van der Waals surface area contributed by atoms with Gasteiger partial charge >= 0.3 is 5.69 Å². The van der Waals surface area contributed by atoms with Crippen LogP contribution in [0.1, 0.15) is 0 Å². The zero-order valence-corrected chi connectivity index (χ0v) is 8.61. The van der Waals surface area contributed by atoms with E-state index in [0.29, 0.717) is 0 Å². The van der Waals surface area contributed by atoms with Gasteiger partial charge in [-0.1, -0.05) is 6.07 Å². The Morgan fingerprint density at radius 3 is 2.69 bits per heavy atom. The summed E-state index contributed by atoms with van der Waals surface area (Å²) in [5.74, 6) is -0.653. The number of rotatable bonds is 1. The molecular weight excluding hydrogens is 213 g/mol. The molecule has 0 saturated carbocycles. The van der Waals surface area contributed by atoms with Gasteiger partial charge in [0.2, 0.25) is 0 Å². The minimum Gasteiger partial charge on any atom is -0.313 e. The average Bonchev–Trinajstić information content (AvgIpc) is 2.26. The second kappa shape index (κ2) is 3.57. The second-order valence-corrected chi connectivity index (χ2v) is 3.39. The Morgan fingerprint density at radius 1 is 1.38 bits per heavy atom. The maximum Gasteiger partial charge on any atom is 0.332 e. The summed E-state index contributed by atoms with van der Waals surface area (Å²) in [6.45, 7) is -0.268. The molecule has 0 aliphatic rings. The Bertz CT molecular complexity index is 672. The minimum absolute atomic E-state index is 0.116. The van der Waals surface area contributed by atoms with Crippen molar-refractivity contribution in [3.05, 3.63) is 44.9 Å². The molecule has 2 aromatic rings. The smallest absolute Gasteiger partial charge is 0.313 e. The fraction of sp³-hybridized carbons (Fsp3) is 0.200. The Balaban J connectivity index is 3.16. The highest BCUT2D eigenvalue weighted by Gasteiger charge is 2.12. The predicted octanol–water partition coefficient (Wildman–Crippen LogP) is -0.245. The van der Waals surface area contributed by atoms with E-state index in [-0.39, 0.29) is 17.6 Å². The molecule has 0 aliphatic heterocycles. The van der Waals surface area contributed by atoms with Crippen LogP contribution in [0.3, 0.4) is 0 Å². The van der Waals surface area contributed by atoms with E-state index < -0.39 is 17.1 Å². The van der Waals surface area contributed by atoms with Gasteiger partial charge in [-0.05, 0) is 12.1 Å². The van der Waals surface area contributed by atoms with Gasteiger partial charge in [0, 0.05) is 7.05 Å². The average molecular weight is 223 g/mol. The number of nitrogens with zero attached hydrogens (tertiary/aromatic N) is 2. The van der Waals surface area contributed by atoms with Crippen LogP contribution in [0.15, 0.2) is 27.8 Å². The van der Waals surface area contributed by atoms with Crippen molar-refractivity contribution < 1.29 is 4.39 Å². The lowest BCUT2D eigenvalue weighted by Crippen LogP contribution is -2.41. The Labute approximate surface area is 89.5 Å². The van der Waals surface area contributed by atoms with Crippen molar-refractivity contribution in [3.63, 3.8) is 0 Å². The molecule has 0 saturated heterocycles. The van der Waals surface area contributed by atoms with Crippen LogP contribution in [-0.4, -0.2) is 9.13 Å². The Kier molecular flexibility index (Phi) is 2.35. The van der Waals surface area contributed by atoms with Crippen molar-refractivity contribution in [3.8, 4) is 0 Å². The summed E-state index contributed by atoms with van der Waals surface area (Å²) in [4.78, 5) is 23.5. The first-order chi connectivity index (χ1) is 7.57. The minimum atomic E-state index is -0.696. The molecule has 0 bridgehead atoms. The summed E-state index contributed by atoms with van der Waals surface area (Å²) < 4.78 is 15.5. The van der Waals surface area contributed by atoms with Crippen LogP contribution >= 0.6 is 0 Å². The first-order valence-electron chi connectivity index (χ1n) is 4.66. The predicted molar refractivity (Wildman–Crippen MR) is 57.6 cm³/mol. The summed E-state index contributed by atoms with van der Waals surface area (Å²) in [5, 5.41) is -0.116. The lowest BCUT2D eigenvalue weighted by Gasteiger charge is -2.08. The van der Waals surface area contributed by atoms with Crippen LogP contribution in [0, 0.1) is 5.82 Å². The number of aryl methyl sites for hydroxylation is 1. The van der Waals surface area contributed by atoms with Gasteiger partial charge in [0.25, 0.3) is 5.56 Å². The number of hydrogen-bond acceptors (Lipinski definition) is 3. The van der Waals surface area contributed by atoms with E-state index in [0.717, 1.165) is 4.57 Å². The molecule has 0 unspecified atom stereocenters. The third-order valence-corrected chi connectivity index (χ3v) is 2.51. The molecule has 1 heterocycles. The maximum absolute atomic E-state index is 13.5. The molecule has 16 heavy (non-hydrogen) atoms. The summed E-state index contributed by atoms with van der Waals surface area (Å²) in [6.07, 6.45) is 0. The van der Waals surface area contributed by atoms with Crippen molar-refractivity contribution in [2.45, 2.75) is 6.67 Å². The quantitative estimate of drug-likeness (QED) is 0.725. The van der Waals surface area contributed by atoms with E-state index >= 15 is 0 Å². The fourth-order valence-corrected chi connectivity index (χ4v) is 1.67. The molecular formula is C10H10FN3O2. The number of nitrogens with two attached hydrogens (primary N) is 1. The van der Waals surface area contributed by atoms with E-state index in [2.05, 4.69) is 0 Å². The van der Waals surface area contributed by atoms with Crippen molar-refractivity contribution in [2.24, 2.45) is 12.8 Å². The van der Waals surface area contributed by atoms with Gasteiger partial charge < -0.3 is 5.73 Å².